The van der Waals surface area contributed by atoms with Crippen LogP contribution in [0.2, 0.25) is 5.02 Å². The maximum atomic E-state index is 11.9. The molecular weight excluding hydrogens is 250 g/mol. The van der Waals surface area contributed by atoms with Crippen molar-refractivity contribution in [2.75, 3.05) is 5.32 Å². The van der Waals surface area contributed by atoms with Gasteiger partial charge in [0.2, 0.25) is 0 Å². The summed E-state index contributed by atoms with van der Waals surface area (Å²) in [5.74, 6) is -0.313. The molecule has 0 radical (unpaired) electrons. The van der Waals surface area contributed by atoms with E-state index in [1.807, 2.05) is 6.07 Å². The molecule has 0 saturated heterocycles. The topological polar surface area (TPSA) is 65.8 Å². The Labute approximate surface area is 109 Å². The van der Waals surface area contributed by atoms with Crippen LogP contribution in [0, 0.1) is 11.3 Å². The summed E-state index contributed by atoms with van der Waals surface area (Å²) in [5, 5.41) is 11.6. The number of carbonyl (C=O) groups is 1. The van der Waals surface area contributed by atoms with E-state index >= 15 is 0 Å². The van der Waals surface area contributed by atoms with Gasteiger partial charge in [-0.05, 0) is 30.3 Å². The quantitative estimate of drug-likeness (QED) is 0.900. The van der Waals surface area contributed by atoms with Crippen LogP contribution in [-0.4, -0.2) is 10.9 Å². The summed E-state index contributed by atoms with van der Waals surface area (Å²) in [6.45, 7) is 0. The molecule has 0 unspecified atom stereocenters. The van der Waals surface area contributed by atoms with Crippen molar-refractivity contribution < 1.29 is 4.79 Å². The van der Waals surface area contributed by atoms with Crippen LogP contribution in [0.5, 0.6) is 0 Å². The first-order valence-corrected chi connectivity index (χ1v) is 5.49. The summed E-state index contributed by atoms with van der Waals surface area (Å²) < 4.78 is 0. The highest BCUT2D eigenvalue weighted by Gasteiger charge is 2.09. The highest BCUT2D eigenvalue weighted by molar-refractivity contribution is 6.34. The number of amides is 1. The van der Waals surface area contributed by atoms with Crippen molar-refractivity contribution in [3.63, 3.8) is 0 Å². The Morgan fingerprint density at radius 3 is 2.61 bits per heavy atom. The number of nitriles is 1. The number of hydrogen-bond donors (Lipinski definition) is 1. The van der Waals surface area contributed by atoms with Crippen LogP contribution in [0.15, 0.2) is 42.7 Å². The first-order chi connectivity index (χ1) is 8.70. The van der Waals surface area contributed by atoms with Gasteiger partial charge in [0, 0.05) is 18.1 Å². The van der Waals surface area contributed by atoms with Crippen molar-refractivity contribution in [1.82, 2.24) is 4.98 Å². The fourth-order valence-corrected chi connectivity index (χ4v) is 1.59. The first kappa shape index (κ1) is 12.1. The summed E-state index contributed by atoms with van der Waals surface area (Å²) in [4.78, 5) is 15.7. The van der Waals surface area contributed by atoms with Gasteiger partial charge in [-0.1, -0.05) is 11.6 Å². The summed E-state index contributed by atoms with van der Waals surface area (Å²) in [6.07, 6.45) is 2.91. The molecule has 5 heteroatoms. The minimum Gasteiger partial charge on any atom is -0.322 e. The zero-order chi connectivity index (χ0) is 13.0. The molecule has 0 fully saturated rings. The van der Waals surface area contributed by atoms with E-state index in [0.29, 0.717) is 21.8 Å². The predicted octanol–water partition coefficient (Wildman–Crippen LogP) is 2.86. The molecule has 0 aliphatic carbocycles. The Hall–Kier alpha value is -2.38. The molecule has 2 rings (SSSR count). The Morgan fingerprint density at radius 1 is 1.28 bits per heavy atom. The third-order valence-corrected chi connectivity index (χ3v) is 2.59. The molecule has 0 bridgehead atoms. The fourth-order valence-electron chi connectivity index (χ4n) is 1.39. The molecule has 0 spiro atoms. The number of anilines is 1. The number of rotatable bonds is 2. The van der Waals surface area contributed by atoms with Crippen molar-refractivity contribution in [2.45, 2.75) is 0 Å². The molecule has 1 N–H and O–H groups in total. The summed E-state index contributed by atoms with van der Waals surface area (Å²) in [7, 11) is 0. The molecule has 0 atom stereocenters. The van der Waals surface area contributed by atoms with Gasteiger partial charge in [0.15, 0.2) is 0 Å². The molecule has 1 aromatic heterocycles. The molecule has 18 heavy (non-hydrogen) atoms. The summed E-state index contributed by atoms with van der Waals surface area (Å²) in [5.41, 5.74) is 1.50. The Bertz CT molecular complexity index is 617. The Morgan fingerprint density at radius 2 is 2.00 bits per heavy atom. The molecular formula is C13H8ClN3O. The van der Waals surface area contributed by atoms with Gasteiger partial charge in [-0.15, -0.1) is 0 Å². The average molecular weight is 258 g/mol. The lowest BCUT2D eigenvalue weighted by Crippen LogP contribution is -2.12. The number of pyridine rings is 1. The van der Waals surface area contributed by atoms with Crippen LogP contribution in [0.4, 0.5) is 5.69 Å². The van der Waals surface area contributed by atoms with Crippen molar-refractivity contribution in [3.8, 4) is 6.07 Å². The zero-order valence-corrected chi connectivity index (χ0v) is 9.98. The Kier molecular flexibility index (Phi) is 3.56. The van der Waals surface area contributed by atoms with E-state index in [2.05, 4.69) is 10.3 Å². The molecule has 0 saturated carbocycles. The van der Waals surface area contributed by atoms with Gasteiger partial charge in [0.1, 0.15) is 0 Å². The van der Waals surface area contributed by atoms with Gasteiger partial charge in [0.05, 0.1) is 22.2 Å². The summed E-state index contributed by atoms with van der Waals surface area (Å²) >= 11 is 5.87. The number of halogens is 1. The lowest BCUT2D eigenvalue weighted by Gasteiger charge is -2.06. The smallest absolute Gasteiger partial charge is 0.257 e. The molecule has 88 valence electrons. The number of nitrogens with one attached hydrogen (secondary N) is 1. The number of aromatic nitrogens is 1. The lowest BCUT2D eigenvalue weighted by atomic mass is 10.2. The monoisotopic (exact) mass is 257 g/mol. The zero-order valence-electron chi connectivity index (χ0n) is 9.22. The molecule has 2 aromatic rings. The highest BCUT2D eigenvalue weighted by Crippen LogP contribution is 2.16. The van der Waals surface area contributed by atoms with Gasteiger partial charge >= 0.3 is 0 Å². The molecule has 1 aromatic carbocycles. The molecule has 0 aliphatic heterocycles. The molecule has 4 nitrogen and oxygen atoms in total. The van der Waals surface area contributed by atoms with E-state index in [1.165, 1.54) is 12.4 Å². The second kappa shape index (κ2) is 5.30. The van der Waals surface area contributed by atoms with Gasteiger partial charge in [-0.3, -0.25) is 9.78 Å². The van der Waals surface area contributed by atoms with Crippen LogP contribution in [0.1, 0.15) is 15.9 Å². The Balaban J connectivity index is 2.17. The summed E-state index contributed by atoms with van der Waals surface area (Å²) in [6, 6.07) is 10.1. The number of nitrogens with zero attached hydrogens (tertiary/aromatic N) is 2. The van der Waals surface area contributed by atoms with Crippen LogP contribution in [0.3, 0.4) is 0 Å². The van der Waals surface area contributed by atoms with E-state index in [0.717, 1.165) is 0 Å². The van der Waals surface area contributed by atoms with Gasteiger partial charge < -0.3 is 5.32 Å². The second-order valence-electron chi connectivity index (χ2n) is 3.50. The average Bonchev–Trinajstić information content (AvgIpc) is 2.40. The van der Waals surface area contributed by atoms with E-state index in [4.69, 9.17) is 16.9 Å². The normalized spacial score (nSPS) is 9.56. The van der Waals surface area contributed by atoms with Crippen LogP contribution >= 0.6 is 11.6 Å². The standard InChI is InChI=1S/C13H8ClN3O/c14-12-8-16-6-5-11(12)13(18)17-10-3-1-9(7-15)2-4-10/h1-6,8H,(H,17,18). The van der Waals surface area contributed by atoms with Crippen LogP contribution < -0.4 is 5.32 Å². The second-order valence-corrected chi connectivity index (χ2v) is 3.91. The van der Waals surface area contributed by atoms with Crippen LogP contribution in [-0.2, 0) is 0 Å². The SMILES string of the molecule is N#Cc1ccc(NC(=O)c2ccncc2Cl)cc1. The first-order valence-electron chi connectivity index (χ1n) is 5.12. The number of carbonyl (C=O) groups excluding carboxylic acids is 1. The van der Waals surface area contributed by atoms with Gasteiger partial charge in [-0.2, -0.15) is 5.26 Å². The van der Waals surface area contributed by atoms with Crippen LogP contribution in [0.25, 0.3) is 0 Å². The number of hydrogen-bond acceptors (Lipinski definition) is 3. The molecule has 1 amide bonds. The third-order valence-electron chi connectivity index (χ3n) is 2.29. The van der Waals surface area contributed by atoms with E-state index in [-0.39, 0.29) is 5.91 Å². The van der Waals surface area contributed by atoms with Crippen molar-refractivity contribution in [1.29, 1.82) is 5.26 Å². The van der Waals surface area contributed by atoms with E-state index < -0.39 is 0 Å². The molecule has 0 aliphatic rings. The van der Waals surface area contributed by atoms with Crippen molar-refractivity contribution in [3.05, 3.63) is 58.9 Å². The lowest BCUT2D eigenvalue weighted by molar-refractivity contribution is 0.102. The van der Waals surface area contributed by atoms with Gasteiger partial charge in [0.25, 0.3) is 5.91 Å². The van der Waals surface area contributed by atoms with Crippen molar-refractivity contribution >= 4 is 23.2 Å². The van der Waals surface area contributed by atoms with Crippen molar-refractivity contribution in [2.24, 2.45) is 0 Å². The van der Waals surface area contributed by atoms with Gasteiger partial charge in [-0.25, -0.2) is 0 Å². The molecule has 1 heterocycles. The van der Waals surface area contributed by atoms with E-state index in [9.17, 15) is 4.79 Å². The minimum atomic E-state index is -0.313. The third kappa shape index (κ3) is 2.65. The predicted molar refractivity (Wildman–Crippen MR) is 68.4 cm³/mol. The maximum Gasteiger partial charge on any atom is 0.257 e. The number of benzene rings is 1. The largest absolute Gasteiger partial charge is 0.322 e. The fraction of sp³-hybridized carbons (Fsp3) is 0. The van der Waals surface area contributed by atoms with E-state index in [1.54, 1.807) is 30.3 Å². The minimum absolute atomic E-state index is 0.295. The maximum absolute atomic E-state index is 11.9. The highest BCUT2D eigenvalue weighted by atomic mass is 35.5.